The minimum Gasteiger partial charge on any atom is -0.398 e. The zero-order valence-corrected chi connectivity index (χ0v) is 12.2. The summed E-state index contributed by atoms with van der Waals surface area (Å²) in [7, 11) is 0. The van der Waals surface area contributed by atoms with Crippen LogP contribution in [0.4, 0.5) is 5.69 Å². The van der Waals surface area contributed by atoms with Gasteiger partial charge < -0.3 is 5.73 Å². The Kier molecular flexibility index (Phi) is 3.28. The molecule has 0 aliphatic rings. The van der Waals surface area contributed by atoms with E-state index in [0.717, 1.165) is 10.0 Å². The molecule has 0 fully saturated rings. The summed E-state index contributed by atoms with van der Waals surface area (Å²) in [4.78, 5) is 16.7. The highest BCUT2D eigenvalue weighted by Gasteiger charge is 2.06. The maximum Gasteiger partial charge on any atom is 0.261 e. The molecule has 0 aliphatic heterocycles. The predicted molar refractivity (Wildman–Crippen MR) is 83.7 cm³/mol. The summed E-state index contributed by atoms with van der Waals surface area (Å²) in [6.45, 7) is 0.412. The molecule has 2 aromatic carbocycles. The normalized spacial score (nSPS) is 10.8. The summed E-state index contributed by atoms with van der Waals surface area (Å²) in [5.74, 6) is 0. The molecule has 0 unspecified atom stereocenters. The van der Waals surface area contributed by atoms with Crippen molar-refractivity contribution in [1.82, 2.24) is 9.55 Å². The lowest BCUT2D eigenvalue weighted by Gasteiger charge is -2.09. The van der Waals surface area contributed by atoms with Crippen LogP contribution in [0.2, 0.25) is 0 Å². The maximum absolute atomic E-state index is 12.4. The molecular formula is C15H12BrN3O. The Morgan fingerprint density at radius 3 is 2.80 bits per heavy atom. The van der Waals surface area contributed by atoms with E-state index >= 15 is 0 Å². The molecule has 1 aromatic heterocycles. The number of anilines is 1. The van der Waals surface area contributed by atoms with E-state index < -0.39 is 0 Å². The number of halogens is 1. The van der Waals surface area contributed by atoms with Gasteiger partial charge in [0.05, 0.1) is 23.8 Å². The van der Waals surface area contributed by atoms with Crippen LogP contribution in [-0.2, 0) is 6.54 Å². The fraction of sp³-hybridized carbons (Fsp3) is 0.0667. The first-order valence-electron chi connectivity index (χ1n) is 6.13. The van der Waals surface area contributed by atoms with E-state index in [1.807, 2.05) is 36.4 Å². The molecule has 0 spiro atoms. The molecule has 3 rings (SSSR count). The second-order valence-electron chi connectivity index (χ2n) is 4.54. The van der Waals surface area contributed by atoms with Crippen LogP contribution in [-0.4, -0.2) is 9.55 Å². The van der Waals surface area contributed by atoms with Crippen molar-refractivity contribution in [2.45, 2.75) is 6.54 Å². The smallest absolute Gasteiger partial charge is 0.261 e. The first-order chi connectivity index (χ1) is 9.65. The summed E-state index contributed by atoms with van der Waals surface area (Å²) in [5, 5.41) is 0.616. The predicted octanol–water partition coefficient (Wildman–Crippen LogP) is 2.79. The molecule has 0 atom stereocenters. The summed E-state index contributed by atoms with van der Waals surface area (Å²) in [6, 6.07) is 13.0. The topological polar surface area (TPSA) is 60.9 Å². The third kappa shape index (κ3) is 2.32. The number of fused-ring (bicyclic) bond motifs is 1. The number of nitrogen functional groups attached to an aromatic ring is 1. The first-order valence-corrected chi connectivity index (χ1v) is 6.92. The number of nitrogens with two attached hydrogens (primary N) is 1. The van der Waals surface area contributed by atoms with E-state index in [1.54, 1.807) is 17.0 Å². The molecule has 0 radical (unpaired) electrons. The fourth-order valence-corrected chi connectivity index (χ4v) is 2.49. The highest BCUT2D eigenvalue weighted by Crippen LogP contribution is 2.19. The molecule has 0 aliphatic carbocycles. The van der Waals surface area contributed by atoms with E-state index in [2.05, 4.69) is 20.9 Å². The van der Waals surface area contributed by atoms with Crippen molar-refractivity contribution >= 4 is 32.5 Å². The van der Waals surface area contributed by atoms with Crippen molar-refractivity contribution in [3.63, 3.8) is 0 Å². The molecule has 0 saturated carbocycles. The molecule has 0 bridgehead atoms. The number of nitrogens with zero attached hydrogens (tertiary/aromatic N) is 2. The Morgan fingerprint density at radius 2 is 2.00 bits per heavy atom. The summed E-state index contributed by atoms with van der Waals surface area (Å²) in [5.41, 5.74) is 8.16. The summed E-state index contributed by atoms with van der Waals surface area (Å²) >= 11 is 3.37. The van der Waals surface area contributed by atoms with E-state index in [0.29, 0.717) is 23.1 Å². The van der Waals surface area contributed by atoms with Crippen molar-refractivity contribution in [2.75, 3.05) is 5.73 Å². The molecule has 20 heavy (non-hydrogen) atoms. The number of hydrogen-bond donors (Lipinski definition) is 1. The Bertz CT molecular complexity index is 842. The van der Waals surface area contributed by atoms with Crippen molar-refractivity contribution in [1.29, 1.82) is 0 Å². The van der Waals surface area contributed by atoms with Crippen LogP contribution in [0.5, 0.6) is 0 Å². The lowest BCUT2D eigenvalue weighted by molar-refractivity contribution is 0.750. The van der Waals surface area contributed by atoms with Gasteiger partial charge in [-0.3, -0.25) is 9.36 Å². The van der Waals surface area contributed by atoms with Gasteiger partial charge in [-0.15, -0.1) is 0 Å². The molecule has 1 heterocycles. The summed E-state index contributed by atoms with van der Waals surface area (Å²) < 4.78 is 2.49. The zero-order chi connectivity index (χ0) is 14.1. The van der Waals surface area contributed by atoms with Crippen LogP contribution in [0.1, 0.15) is 5.56 Å². The highest BCUT2D eigenvalue weighted by atomic mass is 79.9. The standard InChI is InChI=1S/C15H12BrN3O/c16-11-6-5-10(13(17)7-11)8-19-9-18-14-4-2-1-3-12(14)15(19)20/h1-7,9H,8,17H2. The second kappa shape index (κ2) is 5.09. The van der Waals surface area contributed by atoms with Gasteiger partial charge in [-0.25, -0.2) is 4.98 Å². The fourth-order valence-electron chi connectivity index (χ4n) is 2.11. The Morgan fingerprint density at radius 1 is 1.20 bits per heavy atom. The number of aromatic nitrogens is 2. The minimum atomic E-state index is -0.0575. The van der Waals surface area contributed by atoms with E-state index in [-0.39, 0.29) is 5.56 Å². The third-order valence-electron chi connectivity index (χ3n) is 3.18. The molecule has 100 valence electrons. The highest BCUT2D eigenvalue weighted by molar-refractivity contribution is 9.10. The minimum absolute atomic E-state index is 0.0575. The van der Waals surface area contributed by atoms with Gasteiger partial charge in [-0.05, 0) is 29.8 Å². The van der Waals surface area contributed by atoms with Crippen LogP contribution >= 0.6 is 15.9 Å². The van der Waals surface area contributed by atoms with Crippen LogP contribution < -0.4 is 11.3 Å². The number of hydrogen-bond acceptors (Lipinski definition) is 3. The van der Waals surface area contributed by atoms with Gasteiger partial charge in [0, 0.05) is 10.2 Å². The summed E-state index contributed by atoms with van der Waals surface area (Å²) in [6.07, 6.45) is 1.56. The average molecular weight is 330 g/mol. The van der Waals surface area contributed by atoms with Crippen LogP contribution in [0.3, 0.4) is 0 Å². The third-order valence-corrected chi connectivity index (χ3v) is 3.67. The SMILES string of the molecule is Nc1cc(Br)ccc1Cn1cnc2ccccc2c1=O. The molecule has 3 aromatic rings. The maximum atomic E-state index is 12.4. The molecule has 0 saturated heterocycles. The van der Waals surface area contributed by atoms with Gasteiger partial charge in [-0.1, -0.05) is 34.1 Å². The van der Waals surface area contributed by atoms with Crippen LogP contribution in [0.15, 0.2) is 58.1 Å². The van der Waals surface area contributed by atoms with Gasteiger partial charge >= 0.3 is 0 Å². The van der Waals surface area contributed by atoms with E-state index in [9.17, 15) is 4.79 Å². The van der Waals surface area contributed by atoms with E-state index in [4.69, 9.17) is 5.73 Å². The molecule has 5 heteroatoms. The number of rotatable bonds is 2. The van der Waals surface area contributed by atoms with Crippen molar-refractivity contribution < 1.29 is 0 Å². The molecular weight excluding hydrogens is 318 g/mol. The average Bonchev–Trinajstić information content (AvgIpc) is 2.45. The van der Waals surface area contributed by atoms with E-state index in [1.165, 1.54) is 0 Å². The van der Waals surface area contributed by atoms with Crippen LogP contribution in [0, 0.1) is 0 Å². The van der Waals surface area contributed by atoms with Gasteiger partial charge in [0.1, 0.15) is 0 Å². The van der Waals surface area contributed by atoms with Crippen molar-refractivity contribution in [3.05, 3.63) is 69.2 Å². The Balaban J connectivity index is 2.07. The monoisotopic (exact) mass is 329 g/mol. The van der Waals surface area contributed by atoms with Gasteiger partial charge in [0.15, 0.2) is 0 Å². The number of benzene rings is 2. The van der Waals surface area contributed by atoms with Crippen molar-refractivity contribution in [2.24, 2.45) is 0 Å². The van der Waals surface area contributed by atoms with Gasteiger partial charge in [-0.2, -0.15) is 0 Å². The second-order valence-corrected chi connectivity index (χ2v) is 5.45. The van der Waals surface area contributed by atoms with Crippen molar-refractivity contribution in [3.8, 4) is 0 Å². The van der Waals surface area contributed by atoms with Gasteiger partial charge in [0.25, 0.3) is 5.56 Å². The quantitative estimate of drug-likeness (QED) is 0.735. The first kappa shape index (κ1) is 12.9. The lowest BCUT2D eigenvalue weighted by atomic mass is 10.2. The Hall–Kier alpha value is -2.14. The molecule has 2 N–H and O–H groups in total. The molecule has 0 amide bonds. The zero-order valence-electron chi connectivity index (χ0n) is 10.6. The van der Waals surface area contributed by atoms with Gasteiger partial charge in [0.2, 0.25) is 0 Å². The lowest BCUT2D eigenvalue weighted by Crippen LogP contribution is -2.21. The number of para-hydroxylation sites is 1. The largest absolute Gasteiger partial charge is 0.398 e. The van der Waals surface area contributed by atoms with Crippen LogP contribution in [0.25, 0.3) is 10.9 Å². The Labute approximate surface area is 124 Å². The molecule has 4 nitrogen and oxygen atoms in total.